The normalized spacial score (nSPS) is 11.4. The van der Waals surface area contributed by atoms with Gasteiger partial charge < -0.3 is 14.6 Å². The van der Waals surface area contributed by atoms with E-state index in [1.165, 1.54) is 5.56 Å². The molecule has 0 aliphatic carbocycles. The number of aryl methyl sites for hydroxylation is 1. The molecule has 0 atom stereocenters. The Morgan fingerprint density at radius 3 is 2.68 bits per heavy atom. The van der Waals surface area contributed by atoms with E-state index in [0.29, 0.717) is 5.75 Å². The molecule has 1 aromatic heterocycles. The van der Waals surface area contributed by atoms with Gasteiger partial charge in [-0.3, -0.25) is 0 Å². The molecule has 4 heteroatoms. The van der Waals surface area contributed by atoms with Crippen molar-refractivity contribution in [2.45, 2.75) is 20.0 Å². The van der Waals surface area contributed by atoms with Crippen LogP contribution in [0.4, 0.5) is 0 Å². The SMILES string of the molecule is Cc1nccn1CCN(C)Cc1ccc2cc(O)ccc2c1. The summed E-state index contributed by atoms with van der Waals surface area (Å²) in [6.45, 7) is 4.86. The molecule has 0 fully saturated rings. The van der Waals surface area contributed by atoms with Gasteiger partial charge in [0, 0.05) is 32.0 Å². The van der Waals surface area contributed by atoms with Crippen molar-refractivity contribution in [3.05, 3.63) is 60.2 Å². The second-order valence-electron chi connectivity index (χ2n) is 5.77. The molecule has 22 heavy (non-hydrogen) atoms. The van der Waals surface area contributed by atoms with Gasteiger partial charge in [-0.2, -0.15) is 0 Å². The van der Waals surface area contributed by atoms with E-state index in [9.17, 15) is 5.11 Å². The molecule has 4 nitrogen and oxygen atoms in total. The number of phenolic OH excluding ortho intramolecular Hbond substituents is 1. The number of aromatic hydroxyl groups is 1. The summed E-state index contributed by atoms with van der Waals surface area (Å²) in [6, 6.07) is 11.9. The zero-order valence-electron chi connectivity index (χ0n) is 13.0. The highest BCUT2D eigenvalue weighted by Gasteiger charge is 2.04. The molecule has 114 valence electrons. The summed E-state index contributed by atoms with van der Waals surface area (Å²) in [5, 5.41) is 11.7. The summed E-state index contributed by atoms with van der Waals surface area (Å²) in [7, 11) is 2.13. The highest BCUT2D eigenvalue weighted by Crippen LogP contribution is 2.21. The van der Waals surface area contributed by atoms with Gasteiger partial charge in [0.1, 0.15) is 11.6 Å². The highest BCUT2D eigenvalue weighted by atomic mass is 16.3. The quantitative estimate of drug-likeness (QED) is 0.786. The third kappa shape index (κ3) is 3.28. The fraction of sp³-hybridized carbons (Fsp3) is 0.278. The van der Waals surface area contributed by atoms with Crippen LogP contribution >= 0.6 is 0 Å². The molecule has 0 radical (unpaired) electrons. The van der Waals surface area contributed by atoms with Crippen LogP contribution < -0.4 is 0 Å². The number of hydrogen-bond acceptors (Lipinski definition) is 3. The van der Waals surface area contributed by atoms with Crippen molar-refractivity contribution in [3.63, 3.8) is 0 Å². The third-order valence-corrected chi connectivity index (χ3v) is 3.99. The van der Waals surface area contributed by atoms with E-state index in [4.69, 9.17) is 0 Å². The minimum Gasteiger partial charge on any atom is -0.508 e. The summed E-state index contributed by atoms with van der Waals surface area (Å²) in [4.78, 5) is 6.55. The summed E-state index contributed by atoms with van der Waals surface area (Å²) in [6.07, 6.45) is 3.86. The minimum atomic E-state index is 0.313. The van der Waals surface area contributed by atoms with Crippen LogP contribution in [0.2, 0.25) is 0 Å². The Balaban J connectivity index is 1.64. The molecule has 0 unspecified atom stereocenters. The molecular formula is C18H21N3O. The largest absolute Gasteiger partial charge is 0.508 e. The van der Waals surface area contributed by atoms with Crippen LogP contribution in [0.25, 0.3) is 10.8 Å². The lowest BCUT2D eigenvalue weighted by Crippen LogP contribution is -2.23. The van der Waals surface area contributed by atoms with E-state index in [1.54, 1.807) is 12.1 Å². The van der Waals surface area contributed by atoms with Crippen molar-refractivity contribution in [1.29, 1.82) is 0 Å². The second-order valence-corrected chi connectivity index (χ2v) is 5.77. The van der Waals surface area contributed by atoms with Crippen LogP contribution in [0.3, 0.4) is 0 Å². The molecule has 0 saturated carbocycles. The van der Waals surface area contributed by atoms with E-state index in [2.05, 4.69) is 39.7 Å². The standard InChI is InChI=1S/C18H21N3O/c1-14-19-7-8-21(14)10-9-20(2)13-15-3-4-17-12-18(22)6-5-16(17)11-15/h3-8,11-12,22H,9-10,13H2,1-2H3. The first-order valence-electron chi connectivity index (χ1n) is 7.50. The number of nitrogens with zero attached hydrogens (tertiary/aromatic N) is 3. The van der Waals surface area contributed by atoms with E-state index in [1.807, 2.05) is 25.4 Å². The molecule has 0 spiro atoms. The number of fused-ring (bicyclic) bond motifs is 1. The van der Waals surface area contributed by atoms with Crippen LogP contribution in [0, 0.1) is 6.92 Å². The summed E-state index contributed by atoms with van der Waals surface area (Å²) in [5.41, 5.74) is 1.28. The maximum atomic E-state index is 9.51. The molecule has 3 aromatic rings. The van der Waals surface area contributed by atoms with Crippen LogP contribution in [-0.4, -0.2) is 33.1 Å². The minimum absolute atomic E-state index is 0.313. The lowest BCUT2D eigenvalue weighted by atomic mass is 10.1. The van der Waals surface area contributed by atoms with Gasteiger partial charge in [0.25, 0.3) is 0 Å². The maximum absolute atomic E-state index is 9.51. The van der Waals surface area contributed by atoms with Crippen LogP contribution in [0.15, 0.2) is 48.8 Å². The zero-order valence-corrected chi connectivity index (χ0v) is 13.0. The fourth-order valence-corrected chi connectivity index (χ4v) is 2.69. The number of hydrogen-bond donors (Lipinski definition) is 1. The Kier molecular flexibility index (Phi) is 4.11. The molecule has 0 saturated heterocycles. The molecule has 1 N–H and O–H groups in total. The maximum Gasteiger partial charge on any atom is 0.116 e. The van der Waals surface area contributed by atoms with Gasteiger partial charge in [0.05, 0.1) is 0 Å². The fourth-order valence-electron chi connectivity index (χ4n) is 2.69. The van der Waals surface area contributed by atoms with E-state index < -0.39 is 0 Å². The predicted molar refractivity (Wildman–Crippen MR) is 88.9 cm³/mol. The first kappa shape index (κ1) is 14.6. The number of likely N-dealkylation sites (N-methyl/N-ethyl adjacent to an activating group) is 1. The lowest BCUT2D eigenvalue weighted by Gasteiger charge is -2.18. The van der Waals surface area contributed by atoms with Gasteiger partial charge in [-0.25, -0.2) is 4.98 Å². The highest BCUT2D eigenvalue weighted by molar-refractivity contribution is 5.84. The molecule has 0 bridgehead atoms. The molecular weight excluding hydrogens is 274 g/mol. The summed E-state index contributed by atoms with van der Waals surface area (Å²) >= 11 is 0. The van der Waals surface area contributed by atoms with Gasteiger partial charge in [0.2, 0.25) is 0 Å². The molecule has 0 amide bonds. The predicted octanol–water partition coefficient (Wildman–Crippen LogP) is 3.18. The first-order valence-corrected chi connectivity index (χ1v) is 7.50. The van der Waals surface area contributed by atoms with Crippen molar-refractivity contribution in [2.24, 2.45) is 0 Å². The van der Waals surface area contributed by atoms with Crippen molar-refractivity contribution < 1.29 is 5.11 Å². The Bertz CT molecular complexity index is 779. The molecule has 0 aliphatic rings. The van der Waals surface area contributed by atoms with E-state index in [0.717, 1.165) is 36.2 Å². The van der Waals surface area contributed by atoms with Crippen molar-refractivity contribution in [1.82, 2.24) is 14.5 Å². The average Bonchev–Trinajstić information content (AvgIpc) is 2.91. The molecule has 0 aliphatic heterocycles. The summed E-state index contributed by atoms with van der Waals surface area (Å²) < 4.78 is 2.17. The summed E-state index contributed by atoms with van der Waals surface area (Å²) in [5.74, 6) is 1.37. The van der Waals surface area contributed by atoms with Gasteiger partial charge in [-0.05, 0) is 48.5 Å². The van der Waals surface area contributed by atoms with Crippen LogP contribution in [0.1, 0.15) is 11.4 Å². The third-order valence-electron chi connectivity index (χ3n) is 3.99. The van der Waals surface area contributed by atoms with Crippen molar-refractivity contribution in [2.75, 3.05) is 13.6 Å². The average molecular weight is 295 g/mol. The lowest BCUT2D eigenvalue weighted by molar-refractivity contribution is 0.310. The van der Waals surface area contributed by atoms with Crippen LogP contribution in [-0.2, 0) is 13.1 Å². The number of imidazole rings is 1. The topological polar surface area (TPSA) is 41.3 Å². The van der Waals surface area contributed by atoms with Gasteiger partial charge in [0.15, 0.2) is 0 Å². The van der Waals surface area contributed by atoms with Crippen molar-refractivity contribution in [3.8, 4) is 5.75 Å². The number of aromatic nitrogens is 2. The Morgan fingerprint density at radius 2 is 1.91 bits per heavy atom. The number of rotatable bonds is 5. The zero-order chi connectivity index (χ0) is 15.5. The van der Waals surface area contributed by atoms with Gasteiger partial charge in [-0.1, -0.05) is 18.2 Å². The van der Waals surface area contributed by atoms with Gasteiger partial charge in [-0.15, -0.1) is 0 Å². The molecule has 3 rings (SSSR count). The van der Waals surface area contributed by atoms with E-state index in [-0.39, 0.29) is 0 Å². The molecule has 1 heterocycles. The second kappa shape index (κ2) is 6.20. The van der Waals surface area contributed by atoms with Crippen molar-refractivity contribution >= 4 is 10.8 Å². The molecule has 2 aromatic carbocycles. The first-order chi connectivity index (χ1) is 10.6. The number of phenols is 1. The Hall–Kier alpha value is -2.33. The Morgan fingerprint density at radius 1 is 1.14 bits per heavy atom. The Labute approximate surface area is 130 Å². The van der Waals surface area contributed by atoms with E-state index >= 15 is 0 Å². The van der Waals surface area contributed by atoms with Crippen LogP contribution in [0.5, 0.6) is 5.75 Å². The number of benzene rings is 2. The monoisotopic (exact) mass is 295 g/mol. The smallest absolute Gasteiger partial charge is 0.116 e. The van der Waals surface area contributed by atoms with Gasteiger partial charge >= 0.3 is 0 Å².